The lowest BCUT2D eigenvalue weighted by atomic mass is 10.0. The average molecular weight is 1420 g/mol. The van der Waals surface area contributed by atoms with Gasteiger partial charge in [-0.1, -0.05) is 368 Å². The molecular weight excluding hydrogens is 1270 g/mol. The van der Waals surface area contributed by atoms with Gasteiger partial charge in [0, 0.05) is 25.7 Å². The maximum Gasteiger partial charge on any atom is 0.472 e. The van der Waals surface area contributed by atoms with E-state index in [9.17, 15) is 43.2 Å². The van der Waals surface area contributed by atoms with Crippen LogP contribution in [0.4, 0.5) is 0 Å². The van der Waals surface area contributed by atoms with Gasteiger partial charge in [0.2, 0.25) is 0 Å². The van der Waals surface area contributed by atoms with E-state index in [0.717, 1.165) is 89.9 Å². The molecule has 2 unspecified atom stereocenters. The molecule has 0 fully saturated rings. The fourth-order valence-electron chi connectivity index (χ4n) is 12.1. The second kappa shape index (κ2) is 72.4. The summed E-state index contributed by atoms with van der Waals surface area (Å²) in [4.78, 5) is 72.8. The molecule has 0 aromatic carbocycles. The van der Waals surface area contributed by atoms with Crippen molar-refractivity contribution in [1.29, 1.82) is 0 Å². The van der Waals surface area contributed by atoms with Gasteiger partial charge in [0.15, 0.2) is 12.2 Å². The van der Waals surface area contributed by atoms with Crippen LogP contribution in [0.1, 0.15) is 419 Å². The molecule has 17 nitrogen and oxygen atoms in total. The Hall–Kier alpha value is -1.94. The number of hydrogen-bond acceptors (Lipinski definition) is 15. The van der Waals surface area contributed by atoms with E-state index >= 15 is 0 Å². The zero-order valence-corrected chi connectivity index (χ0v) is 64.8. The van der Waals surface area contributed by atoms with E-state index in [0.29, 0.717) is 25.7 Å². The average Bonchev–Trinajstić information content (AvgIpc) is 1.57. The van der Waals surface area contributed by atoms with Crippen LogP contribution in [0.25, 0.3) is 0 Å². The fraction of sp³-hybridized carbons (Fsp3) is 0.949. The zero-order chi connectivity index (χ0) is 71.1. The molecule has 0 radical (unpaired) electrons. The summed E-state index contributed by atoms with van der Waals surface area (Å²) in [6.45, 7) is 4.99. The van der Waals surface area contributed by atoms with E-state index in [-0.39, 0.29) is 25.7 Å². The molecule has 0 heterocycles. The molecule has 19 heteroatoms. The normalized spacial score (nSPS) is 13.8. The molecule has 0 spiro atoms. The van der Waals surface area contributed by atoms with Crippen LogP contribution in [0, 0.1) is 0 Å². The van der Waals surface area contributed by atoms with Gasteiger partial charge in [-0.05, 0) is 25.7 Å². The zero-order valence-electron chi connectivity index (χ0n) is 63.1. The number of ether oxygens (including phenoxy) is 4. The Labute approximate surface area is 594 Å². The van der Waals surface area contributed by atoms with Crippen molar-refractivity contribution in [2.24, 2.45) is 0 Å². The number of unbranched alkanes of at least 4 members (excludes halogenated alkanes) is 53. The van der Waals surface area contributed by atoms with Gasteiger partial charge in [0.25, 0.3) is 0 Å². The highest BCUT2D eigenvalue weighted by atomic mass is 31.2. The van der Waals surface area contributed by atoms with Gasteiger partial charge < -0.3 is 33.8 Å². The van der Waals surface area contributed by atoms with Crippen molar-refractivity contribution in [3.63, 3.8) is 0 Å². The summed E-state index contributed by atoms with van der Waals surface area (Å²) >= 11 is 0. The molecule has 97 heavy (non-hydrogen) atoms. The van der Waals surface area contributed by atoms with Crippen LogP contribution in [0.15, 0.2) is 0 Å². The number of hydrogen-bond donors (Lipinski definition) is 3. The molecule has 0 aliphatic heterocycles. The van der Waals surface area contributed by atoms with Crippen molar-refractivity contribution >= 4 is 39.5 Å². The summed E-state index contributed by atoms with van der Waals surface area (Å²) in [5.41, 5.74) is 0. The molecule has 0 rings (SSSR count). The highest BCUT2D eigenvalue weighted by Crippen LogP contribution is 2.45. The standard InChI is InChI=1S/C78H152O17P2/c1-5-9-13-17-21-25-28-31-33-35-37-39-41-44-47-51-55-59-63-76(81)89-69-74(95-78(83)65-61-57-53-49-45-42-40-38-36-34-32-29-26-22-18-14-10-6-2)71-93-97(86,87)91-67-72(79)66-90-96(84,85)92-70-73(68-88-75(80)62-58-54-50-46-24-20-16-12-8-4)94-77(82)64-60-56-52-48-43-30-27-23-19-15-11-7-3/h72-74,79H,5-71H2,1-4H3,(H,84,85)(H,86,87)/t72-,73+,74+/m0/s1. The fourth-order valence-corrected chi connectivity index (χ4v) is 13.7. The lowest BCUT2D eigenvalue weighted by Crippen LogP contribution is -2.30. The Morgan fingerprint density at radius 2 is 0.412 bits per heavy atom. The summed E-state index contributed by atoms with van der Waals surface area (Å²) in [5.74, 6) is -2.11. The molecule has 0 aliphatic carbocycles. The minimum absolute atomic E-state index is 0.108. The monoisotopic (exact) mass is 1420 g/mol. The summed E-state index contributed by atoms with van der Waals surface area (Å²) < 4.78 is 68.6. The van der Waals surface area contributed by atoms with E-state index < -0.39 is 97.5 Å². The van der Waals surface area contributed by atoms with Crippen LogP contribution in [-0.2, 0) is 65.4 Å². The lowest BCUT2D eigenvalue weighted by Gasteiger charge is -2.21. The van der Waals surface area contributed by atoms with Crippen LogP contribution in [0.3, 0.4) is 0 Å². The van der Waals surface area contributed by atoms with Crippen LogP contribution < -0.4 is 0 Å². The molecular formula is C78H152O17P2. The van der Waals surface area contributed by atoms with Crippen LogP contribution in [0.2, 0.25) is 0 Å². The summed E-state index contributed by atoms with van der Waals surface area (Å²) in [6.07, 6.45) is 63.8. The summed E-state index contributed by atoms with van der Waals surface area (Å²) in [6, 6.07) is 0. The maximum atomic E-state index is 13.1. The van der Waals surface area contributed by atoms with Gasteiger partial charge in [-0.15, -0.1) is 0 Å². The quantitative estimate of drug-likeness (QED) is 0.0222. The molecule has 3 N–H and O–H groups in total. The first-order valence-electron chi connectivity index (χ1n) is 40.8. The topological polar surface area (TPSA) is 237 Å². The molecule has 0 saturated carbocycles. The lowest BCUT2D eigenvalue weighted by molar-refractivity contribution is -0.161. The van der Waals surface area contributed by atoms with Crippen molar-refractivity contribution in [2.45, 2.75) is 438 Å². The molecule has 5 atom stereocenters. The van der Waals surface area contributed by atoms with E-state index in [1.165, 1.54) is 250 Å². The second-order valence-corrected chi connectivity index (χ2v) is 31.0. The molecule has 0 saturated heterocycles. The van der Waals surface area contributed by atoms with Gasteiger partial charge in [0.1, 0.15) is 19.3 Å². The Bertz CT molecular complexity index is 1840. The molecule has 0 aromatic heterocycles. The van der Waals surface area contributed by atoms with E-state index in [4.69, 9.17) is 37.0 Å². The van der Waals surface area contributed by atoms with Crippen LogP contribution in [-0.4, -0.2) is 96.7 Å². The maximum absolute atomic E-state index is 13.1. The molecule has 0 bridgehead atoms. The molecule has 0 aromatic rings. The number of aliphatic hydroxyl groups is 1. The van der Waals surface area contributed by atoms with Gasteiger partial charge in [-0.2, -0.15) is 0 Å². The third-order valence-corrected chi connectivity index (χ3v) is 20.3. The first kappa shape index (κ1) is 95.1. The Morgan fingerprint density at radius 1 is 0.247 bits per heavy atom. The number of aliphatic hydroxyl groups excluding tert-OH is 1. The Balaban J connectivity index is 5.21. The predicted octanol–water partition coefficient (Wildman–Crippen LogP) is 23.4. The van der Waals surface area contributed by atoms with E-state index in [1.807, 2.05) is 0 Å². The van der Waals surface area contributed by atoms with Crippen molar-refractivity contribution in [1.82, 2.24) is 0 Å². The van der Waals surface area contributed by atoms with Crippen molar-refractivity contribution in [3.8, 4) is 0 Å². The Kier molecular flexibility index (Phi) is 71.0. The number of carbonyl (C=O) groups excluding carboxylic acids is 4. The number of carbonyl (C=O) groups is 4. The molecule has 0 aliphatic rings. The number of esters is 4. The third-order valence-electron chi connectivity index (χ3n) is 18.4. The van der Waals surface area contributed by atoms with Crippen LogP contribution >= 0.6 is 15.6 Å². The minimum atomic E-state index is -4.96. The highest BCUT2D eigenvalue weighted by molar-refractivity contribution is 7.47. The van der Waals surface area contributed by atoms with Gasteiger partial charge >= 0.3 is 39.5 Å². The smallest absolute Gasteiger partial charge is 0.462 e. The Morgan fingerprint density at radius 3 is 0.608 bits per heavy atom. The largest absolute Gasteiger partial charge is 0.472 e. The summed E-state index contributed by atoms with van der Waals surface area (Å²) in [5, 5.41) is 10.6. The number of phosphoric acid groups is 2. The number of rotatable bonds is 79. The van der Waals surface area contributed by atoms with Crippen LogP contribution in [0.5, 0.6) is 0 Å². The van der Waals surface area contributed by atoms with E-state index in [2.05, 4.69) is 27.7 Å². The van der Waals surface area contributed by atoms with Crippen molar-refractivity contribution in [2.75, 3.05) is 39.6 Å². The van der Waals surface area contributed by atoms with Gasteiger partial charge in [-0.3, -0.25) is 37.3 Å². The van der Waals surface area contributed by atoms with E-state index in [1.54, 1.807) is 0 Å². The minimum Gasteiger partial charge on any atom is -0.462 e. The predicted molar refractivity (Wildman–Crippen MR) is 395 cm³/mol. The number of phosphoric ester groups is 2. The molecule has 0 amide bonds. The highest BCUT2D eigenvalue weighted by Gasteiger charge is 2.30. The van der Waals surface area contributed by atoms with Crippen molar-refractivity contribution < 1.29 is 80.2 Å². The first-order valence-corrected chi connectivity index (χ1v) is 43.8. The summed E-state index contributed by atoms with van der Waals surface area (Å²) in [7, 11) is -9.91. The second-order valence-electron chi connectivity index (χ2n) is 28.1. The molecule has 576 valence electrons. The first-order chi connectivity index (χ1) is 47.2. The van der Waals surface area contributed by atoms with Gasteiger partial charge in [0.05, 0.1) is 26.4 Å². The van der Waals surface area contributed by atoms with Crippen molar-refractivity contribution in [3.05, 3.63) is 0 Å². The van der Waals surface area contributed by atoms with Gasteiger partial charge in [-0.25, -0.2) is 9.13 Å². The third kappa shape index (κ3) is 72.2. The SMILES string of the molecule is CCCCCCCCCCCCCCCCCCCCC(=O)OC[C@H](COP(=O)(O)OC[C@@H](O)COP(=O)(O)OC[C@@H](COC(=O)CCCCCCCCCCC)OC(=O)CCCCCCCCCCCCCC)OC(=O)CCCCCCCCCCCCCCCCCCCC.